The van der Waals surface area contributed by atoms with Crippen molar-refractivity contribution in [1.82, 2.24) is 10.8 Å². The molecule has 128 valence electrons. The van der Waals surface area contributed by atoms with Gasteiger partial charge in [0.1, 0.15) is 0 Å². The van der Waals surface area contributed by atoms with Crippen LogP contribution in [0.2, 0.25) is 0 Å². The largest absolute Gasteiger partial charge is 0.493 e. The number of hydrogen-bond donors (Lipinski definition) is 2. The van der Waals surface area contributed by atoms with Crippen LogP contribution in [0.3, 0.4) is 0 Å². The number of rotatable bonds is 2. The van der Waals surface area contributed by atoms with E-state index >= 15 is 0 Å². The molecule has 1 aromatic rings. The lowest BCUT2D eigenvalue weighted by Gasteiger charge is -2.21. The predicted octanol–water partition coefficient (Wildman–Crippen LogP) is 2.34. The number of benzene rings is 1. The third kappa shape index (κ3) is 3.59. The fourth-order valence-electron chi connectivity index (χ4n) is 3.00. The summed E-state index contributed by atoms with van der Waals surface area (Å²) in [5.74, 6) is -3.38. The van der Waals surface area contributed by atoms with Gasteiger partial charge < -0.3 is 10.2 Å². The van der Waals surface area contributed by atoms with Crippen LogP contribution in [0, 0.1) is 0 Å². The maximum Gasteiger partial charge on any atom is 0.493 e. The Labute approximate surface area is 135 Å². The van der Waals surface area contributed by atoms with Gasteiger partial charge in [0.2, 0.25) is 0 Å². The van der Waals surface area contributed by atoms with E-state index in [4.69, 9.17) is 0 Å². The van der Waals surface area contributed by atoms with E-state index in [-0.39, 0.29) is 5.56 Å². The molecule has 2 aliphatic rings. The van der Waals surface area contributed by atoms with E-state index < -0.39 is 18.1 Å². The van der Waals surface area contributed by atoms with E-state index in [0.717, 1.165) is 30.4 Å². The van der Waals surface area contributed by atoms with Gasteiger partial charge in [-0.3, -0.25) is 4.79 Å². The lowest BCUT2D eigenvalue weighted by Crippen LogP contribution is -2.34. The highest BCUT2D eigenvalue weighted by Gasteiger charge is 2.42. The van der Waals surface area contributed by atoms with Gasteiger partial charge in [-0.1, -0.05) is 18.2 Å². The van der Waals surface area contributed by atoms with Gasteiger partial charge in [-0.2, -0.15) is 18.7 Å². The van der Waals surface area contributed by atoms with Crippen molar-refractivity contribution in [2.45, 2.75) is 37.5 Å². The molecule has 0 saturated carbocycles. The Morgan fingerprint density at radius 2 is 2.04 bits per heavy atom. The highest BCUT2D eigenvalue weighted by molar-refractivity contribution is 5.95. The van der Waals surface area contributed by atoms with E-state index in [1.54, 1.807) is 12.1 Å². The summed E-state index contributed by atoms with van der Waals surface area (Å²) in [6, 6.07) is 7.24. The minimum atomic E-state index is -5.16. The zero-order valence-electron chi connectivity index (χ0n) is 12.5. The smallest absolute Gasteiger partial charge is 0.332 e. The van der Waals surface area contributed by atoms with Crippen molar-refractivity contribution in [3.8, 4) is 0 Å². The van der Waals surface area contributed by atoms with Gasteiger partial charge in [-0.15, -0.1) is 0 Å². The second-order valence-electron chi connectivity index (χ2n) is 5.84. The summed E-state index contributed by atoms with van der Waals surface area (Å²) in [4.78, 5) is 26.2. The highest BCUT2D eigenvalue weighted by Crippen LogP contribution is 2.32. The van der Waals surface area contributed by atoms with E-state index in [1.807, 2.05) is 6.07 Å². The van der Waals surface area contributed by atoms with Crippen molar-refractivity contribution < 1.29 is 27.6 Å². The van der Waals surface area contributed by atoms with Crippen LogP contribution in [0.1, 0.15) is 35.2 Å². The Balaban J connectivity index is 1.69. The van der Waals surface area contributed by atoms with Gasteiger partial charge in [-0.25, -0.2) is 4.79 Å². The average molecular weight is 340 g/mol. The van der Waals surface area contributed by atoms with Gasteiger partial charge in [0.05, 0.1) is 0 Å². The molecule has 8 heteroatoms. The molecule has 2 unspecified atom stereocenters. The molecule has 1 fully saturated rings. The molecule has 3 rings (SSSR count). The normalized spacial score (nSPS) is 22.7. The highest BCUT2D eigenvalue weighted by atomic mass is 19.4. The first-order chi connectivity index (χ1) is 11.3. The topological polar surface area (TPSA) is 67.4 Å². The minimum absolute atomic E-state index is 0.120. The molecule has 0 aromatic heterocycles. The first-order valence-electron chi connectivity index (χ1n) is 7.48. The monoisotopic (exact) mass is 340 g/mol. The van der Waals surface area contributed by atoms with Gasteiger partial charge >= 0.3 is 12.1 Å². The molecule has 1 amide bonds. The molecule has 1 saturated heterocycles. The molecule has 24 heavy (non-hydrogen) atoms. The molecule has 0 radical (unpaired) electrons. The van der Waals surface area contributed by atoms with E-state index in [9.17, 15) is 22.8 Å². The molecule has 0 aliphatic carbocycles. The van der Waals surface area contributed by atoms with Crippen LogP contribution in [0.15, 0.2) is 30.3 Å². The number of nitrogens with one attached hydrogen (secondary N) is 2. The molecule has 1 aromatic carbocycles. The molecule has 2 heterocycles. The minimum Gasteiger partial charge on any atom is -0.332 e. The summed E-state index contributed by atoms with van der Waals surface area (Å²) in [6.45, 7) is 0. The summed E-state index contributed by atoms with van der Waals surface area (Å²) in [6.07, 6.45) is -0.0386. The molecule has 2 N–H and O–H groups in total. The quantitative estimate of drug-likeness (QED) is 0.811. The van der Waals surface area contributed by atoms with Gasteiger partial charge in [-0.05, 0) is 42.5 Å². The van der Waals surface area contributed by atoms with Crippen LogP contribution in [-0.4, -0.2) is 30.1 Å². The van der Waals surface area contributed by atoms with E-state index in [2.05, 4.69) is 16.2 Å². The number of alkyl halides is 3. The fraction of sp³-hybridized carbons (Fsp3) is 0.375. The Kier molecular flexibility index (Phi) is 4.31. The number of fused-ring (bicyclic) bond motifs is 2. The molecule has 2 atom stereocenters. The summed E-state index contributed by atoms with van der Waals surface area (Å²) in [7, 11) is 0. The number of hydrogen-bond acceptors (Lipinski definition) is 4. The van der Waals surface area contributed by atoms with Crippen molar-refractivity contribution in [2.75, 3.05) is 0 Å². The second kappa shape index (κ2) is 6.27. The Morgan fingerprint density at radius 3 is 2.75 bits per heavy atom. The molecular formula is C16H15F3N2O3. The van der Waals surface area contributed by atoms with Crippen LogP contribution in [0.25, 0.3) is 5.57 Å². The number of amides is 1. The first-order valence-corrected chi connectivity index (χ1v) is 7.48. The summed E-state index contributed by atoms with van der Waals surface area (Å²) in [5, 5.41) is 3.45. The van der Waals surface area contributed by atoms with E-state index in [1.165, 1.54) is 11.5 Å². The van der Waals surface area contributed by atoms with Crippen LogP contribution < -0.4 is 10.8 Å². The van der Waals surface area contributed by atoms with Gasteiger partial charge in [0.15, 0.2) is 0 Å². The number of carbonyl (C=O) groups is 2. The predicted molar refractivity (Wildman–Crippen MR) is 78.6 cm³/mol. The van der Waals surface area contributed by atoms with Crippen molar-refractivity contribution >= 4 is 17.4 Å². The van der Waals surface area contributed by atoms with Crippen molar-refractivity contribution in [1.29, 1.82) is 0 Å². The second-order valence-corrected chi connectivity index (χ2v) is 5.84. The Bertz CT molecular complexity index is 700. The third-order valence-corrected chi connectivity index (χ3v) is 4.11. The lowest BCUT2D eigenvalue weighted by atomic mass is 9.95. The maximum absolute atomic E-state index is 12.0. The van der Waals surface area contributed by atoms with Gasteiger partial charge in [0, 0.05) is 17.6 Å². The Hall–Kier alpha value is -2.35. The van der Waals surface area contributed by atoms with Crippen molar-refractivity contribution in [2.24, 2.45) is 0 Å². The van der Waals surface area contributed by atoms with E-state index in [0.29, 0.717) is 12.1 Å². The van der Waals surface area contributed by atoms with Crippen molar-refractivity contribution in [3.63, 3.8) is 0 Å². The zero-order valence-corrected chi connectivity index (χ0v) is 12.5. The van der Waals surface area contributed by atoms with Gasteiger partial charge in [0.25, 0.3) is 5.91 Å². The van der Waals surface area contributed by atoms with Crippen LogP contribution in [0.5, 0.6) is 0 Å². The summed E-state index contributed by atoms with van der Waals surface area (Å²) >= 11 is 0. The molecule has 2 aliphatic heterocycles. The summed E-state index contributed by atoms with van der Waals surface area (Å²) < 4.78 is 36.1. The summed E-state index contributed by atoms with van der Waals surface area (Å²) in [5.41, 5.74) is 3.58. The van der Waals surface area contributed by atoms with Crippen LogP contribution in [0.4, 0.5) is 13.2 Å². The number of halogens is 3. The molecular weight excluding hydrogens is 325 g/mol. The standard InChI is InChI=1S/C16H15F3N2O3/c17-16(18,19)15(23)24-21-14(22)10-3-1-2-9(6-10)11-7-12-4-5-13(8-11)20-12/h1-3,6-7,12-13,20H,4-5,8H2,(H,21,22). The number of hydroxylamine groups is 1. The molecule has 0 spiro atoms. The van der Waals surface area contributed by atoms with Crippen molar-refractivity contribution in [3.05, 3.63) is 41.5 Å². The Morgan fingerprint density at radius 1 is 1.25 bits per heavy atom. The third-order valence-electron chi connectivity index (χ3n) is 4.11. The molecule has 5 nitrogen and oxygen atoms in total. The molecule has 2 bridgehead atoms. The van der Waals surface area contributed by atoms with Crippen LogP contribution >= 0.6 is 0 Å². The lowest BCUT2D eigenvalue weighted by molar-refractivity contribution is -0.204. The first kappa shape index (κ1) is 16.5. The fourth-order valence-corrected chi connectivity index (χ4v) is 3.00. The SMILES string of the molecule is O=C(NOC(=O)C(F)(F)F)c1cccc(C2=CC3CCC(C2)N3)c1. The van der Waals surface area contributed by atoms with Crippen LogP contribution in [-0.2, 0) is 9.63 Å². The average Bonchev–Trinajstić information content (AvgIpc) is 2.89. The number of carbonyl (C=O) groups excluding carboxylic acids is 2. The zero-order chi connectivity index (χ0) is 17.3. The maximum atomic E-state index is 12.0.